The minimum absolute atomic E-state index is 0.0445. The zero-order chi connectivity index (χ0) is 20.4. The van der Waals surface area contributed by atoms with Gasteiger partial charge in [0.2, 0.25) is 0 Å². The molecule has 7 nitrogen and oxygen atoms in total. The number of hydrogen-bond donors (Lipinski definition) is 2. The normalized spacial score (nSPS) is 11.3. The number of nitrogens with one attached hydrogen (secondary N) is 2. The Morgan fingerprint density at radius 3 is 2.68 bits per heavy atom. The Morgan fingerprint density at radius 1 is 1.29 bits per heavy atom. The van der Waals surface area contributed by atoms with Gasteiger partial charge in [0.25, 0.3) is 0 Å². The van der Waals surface area contributed by atoms with Gasteiger partial charge in [-0.1, -0.05) is 25.4 Å². The molecular formula is C18H18ClF2N5O2. The number of aryl methyl sites for hydroxylation is 1. The molecule has 0 saturated carbocycles. The number of aromatic nitrogens is 3. The van der Waals surface area contributed by atoms with Crippen LogP contribution >= 0.6 is 11.6 Å². The van der Waals surface area contributed by atoms with Crippen molar-refractivity contribution in [2.45, 2.75) is 33.3 Å². The molecule has 0 bridgehead atoms. The molecule has 0 spiro atoms. The van der Waals surface area contributed by atoms with E-state index in [2.05, 4.69) is 25.5 Å². The van der Waals surface area contributed by atoms with Gasteiger partial charge in [-0.05, 0) is 31.0 Å². The lowest BCUT2D eigenvalue weighted by atomic mass is 10.0. The van der Waals surface area contributed by atoms with Crippen molar-refractivity contribution in [1.29, 1.82) is 0 Å². The van der Waals surface area contributed by atoms with Gasteiger partial charge in [0, 0.05) is 11.3 Å². The number of halogens is 3. The van der Waals surface area contributed by atoms with Gasteiger partial charge < -0.3 is 15.4 Å². The van der Waals surface area contributed by atoms with Crippen molar-refractivity contribution < 1.29 is 18.3 Å². The van der Waals surface area contributed by atoms with E-state index in [1.165, 1.54) is 18.2 Å². The quantitative estimate of drug-likeness (QED) is 0.617. The Kier molecular flexibility index (Phi) is 5.64. The fourth-order valence-corrected chi connectivity index (χ4v) is 3.02. The summed E-state index contributed by atoms with van der Waals surface area (Å²) >= 11 is 5.90. The number of fused-ring (bicyclic) bond motifs is 1. The molecule has 148 valence electrons. The predicted molar refractivity (Wildman–Crippen MR) is 103 cm³/mol. The number of rotatable bonds is 5. The molecule has 0 unspecified atom stereocenters. The molecule has 3 rings (SSSR count). The number of nitrogens with zero attached hydrogens (tertiary/aromatic N) is 3. The fourth-order valence-electron chi connectivity index (χ4n) is 2.79. The smallest absolute Gasteiger partial charge is 0.387 e. The molecule has 0 radical (unpaired) electrons. The summed E-state index contributed by atoms with van der Waals surface area (Å²) in [5, 5.41) is 9.56. The van der Waals surface area contributed by atoms with Gasteiger partial charge in [0.1, 0.15) is 5.75 Å². The number of urea groups is 1. The van der Waals surface area contributed by atoms with E-state index in [1.54, 1.807) is 16.9 Å². The molecule has 2 aromatic heterocycles. The lowest BCUT2D eigenvalue weighted by Crippen LogP contribution is -2.21. The van der Waals surface area contributed by atoms with E-state index < -0.39 is 12.6 Å². The van der Waals surface area contributed by atoms with E-state index in [1.807, 2.05) is 20.8 Å². The summed E-state index contributed by atoms with van der Waals surface area (Å²) in [6.45, 7) is 2.86. The van der Waals surface area contributed by atoms with Crippen LogP contribution in [0.15, 0.2) is 30.6 Å². The largest absolute Gasteiger partial charge is 0.433 e. The van der Waals surface area contributed by atoms with Gasteiger partial charge in [-0.3, -0.25) is 0 Å². The fraction of sp³-hybridized carbons (Fsp3) is 0.278. The molecule has 0 aliphatic heterocycles. The maximum atomic E-state index is 12.4. The Balaban J connectivity index is 1.80. The lowest BCUT2D eigenvalue weighted by Gasteiger charge is -2.15. The molecule has 2 N–H and O–H groups in total. The third-order valence-corrected chi connectivity index (χ3v) is 4.18. The van der Waals surface area contributed by atoms with Crippen LogP contribution in [0.3, 0.4) is 0 Å². The number of anilines is 2. The van der Waals surface area contributed by atoms with Crippen LogP contribution in [-0.4, -0.2) is 27.2 Å². The molecule has 3 aromatic rings. The second-order valence-corrected chi connectivity index (χ2v) is 6.79. The van der Waals surface area contributed by atoms with Crippen LogP contribution in [0.5, 0.6) is 5.75 Å². The van der Waals surface area contributed by atoms with Gasteiger partial charge in [0.15, 0.2) is 5.65 Å². The maximum absolute atomic E-state index is 12.4. The van der Waals surface area contributed by atoms with Gasteiger partial charge >= 0.3 is 12.6 Å². The summed E-state index contributed by atoms with van der Waals surface area (Å²) in [6, 6.07) is 3.45. The standard InChI is InChI=1S/C18H18ClF2N5O2/c1-9(2)15-13(7-22-26-8-10(3)23-16(15)26)25-18(27)24-11-4-5-14(12(19)6-11)28-17(20)21/h4-9,17H,1-3H3,(H2,24,25,27). The molecule has 0 fully saturated rings. The molecular weight excluding hydrogens is 392 g/mol. The highest BCUT2D eigenvalue weighted by Crippen LogP contribution is 2.30. The first kappa shape index (κ1) is 19.8. The highest BCUT2D eigenvalue weighted by atomic mass is 35.5. The summed E-state index contributed by atoms with van der Waals surface area (Å²) < 4.78 is 30.5. The van der Waals surface area contributed by atoms with Crippen molar-refractivity contribution in [3.8, 4) is 5.75 Å². The molecule has 0 aliphatic carbocycles. The molecule has 0 aliphatic rings. The number of alkyl halides is 2. The lowest BCUT2D eigenvalue weighted by molar-refractivity contribution is -0.0497. The monoisotopic (exact) mass is 409 g/mol. The molecule has 0 atom stereocenters. The first-order valence-corrected chi connectivity index (χ1v) is 8.79. The average Bonchev–Trinajstić information content (AvgIpc) is 2.96. The van der Waals surface area contributed by atoms with Gasteiger partial charge in [0.05, 0.1) is 28.8 Å². The van der Waals surface area contributed by atoms with Crippen LogP contribution in [-0.2, 0) is 0 Å². The van der Waals surface area contributed by atoms with Crippen molar-refractivity contribution in [1.82, 2.24) is 14.6 Å². The Labute approximate surface area is 164 Å². The first-order chi connectivity index (χ1) is 13.2. The number of hydrogen-bond acceptors (Lipinski definition) is 4. The molecule has 1 aromatic carbocycles. The van der Waals surface area contributed by atoms with E-state index in [-0.39, 0.29) is 16.7 Å². The van der Waals surface area contributed by atoms with Crippen molar-refractivity contribution in [2.75, 3.05) is 10.6 Å². The number of benzene rings is 1. The van der Waals surface area contributed by atoms with E-state index in [4.69, 9.17) is 11.6 Å². The molecule has 2 heterocycles. The zero-order valence-electron chi connectivity index (χ0n) is 15.3. The van der Waals surface area contributed by atoms with E-state index >= 15 is 0 Å². The highest BCUT2D eigenvalue weighted by molar-refractivity contribution is 6.32. The second kappa shape index (κ2) is 7.97. The SMILES string of the molecule is Cc1cn2ncc(NC(=O)Nc3ccc(OC(F)F)c(Cl)c3)c(C(C)C)c2n1. The number of amides is 2. The van der Waals surface area contributed by atoms with Crippen LogP contribution in [0.25, 0.3) is 5.65 Å². The summed E-state index contributed by atoms with van der Waals surface area (Å²) in [4.78, 5) is 16.9. The van der Waals surface area contributed by atoms with Gasteiger partial charge in [-0.25, -0.2) is 14.3 Å². The Bertz CT molecular complexity index is 1020. The van der Waals surface area contributed by atoms with Crippen LogP contribution < -0.4 is 15.4 Å². The number of carbonyl (C=O) groups is 1. The van der Waals surface area contributed by atoms with Crippen LogP contribution in [0, 0.1) is 6.92 Å². The Hall–Kier alpha value is -2.94. The van der Waals surface area contributed by atoms with E-state index in [0.717, 1.165) is 11.3 Å². The van der Waals surface area contributed by atoms with Crippen molar-refractivity contribution in [3.05, 3.63) is 46.9 Å². The molecule has 10 heteroatoms. The number of ether oxygens (including phenoxy) is 1. The van der Waals surface area contributed by atoms with Crippen molar-refractivity contribution >= 4 is 34.7 Å². The summed E-state index contributed by atoms with van der Waals surface area (Å²) in [7, 11) is 0. The molecule has 2 amide bonds. The maximum Gasteiger partial charge on any atom is 0.387 e. The predicted octanol–water partition coefficient (Wildman–Crippen LogP) is 5.06. The van der Waals surface area contributed by atoms with Gasteiger partial charge in [-0.2, -0.15) is 13.9 Å². The molecule has 28 heavy (non-hydrogen) atoms. The summed E-state index contributed by atoms with van der Waals surface area (Å²) in [5.74, 6) is -0.0862. The van der Waals surface area contributed by atoms with Crippen molar-refractivity contribution in [2.24, 2.45) is 0 Å². The average molecular weight is 410 g/mol. The third-order valence-electron chi connectivity index (χ3n) is 3.88. The second-order valence-electron chi connectivity index (χ2n) is 6.38. The minimum atomic E-state index is -2.98. The van der Waals surface area contributed by atoms with Crippen molar-refractivity contribution in [3.63, 3.8) is 0 Å². The highest BCUT2D eigenvalue weighted by Gasteiger charge is 2.17. The van der Waals surface area contributed by atoms with E-state index in [9.17, 15) is 13.6 Å². The number of imidazole rings is 1. The van der Waals surface area contributed by atoms with Gasteiger partial charge in [-0.15, -0.1) is 0 Å². The van der Waals surface area contributed by atoms with Crippen LogP contribution in [0.4, 0.5) is 25.0 Å². The zero-order valence-corrected chi connectivity index (χ0v) is 16.1. The van der Waals surface area contributed by atoms with Crippen LogP contribution in [0.1, 0.15) is 31.0 Å². The summed E-state index contributed by atoms with van der Waals surface area (Å²) in [6.07, 6.45) is 3.35. The van der Waals surface area contributed by atoms with E-state index in [0.29, 0.717) is 17.0 Å². The minimum Gasteiger partial charge on any atom is -0.433 e. The number of carbonyl (C=O) groups excluding carboxylic acids is 1. The summed E-state index contributed by atoms with van der Waals surface area (Å²) in [5.41, 5.74) is 3.17. The third kappa shape index (κ3) is 4.30. The van der Waals surface area contributed by atoms with Crippen LogP contribution in [0.2, 0.25) is 5.02 Å². The Morgan fingerprint density at radius 2 is 2.04 bits per heavy atom. The molecule has 0 saturated heterocycles. The first-order valence-electron chi connectivity index (χ1n) is 8.42. The topological polar surface area (TPSA) is 80.5 Å².